The molecule has 0 amide bonds. The van der Waals surface area contributed by atoms with E-state index in [1.807, 2.05) is 0 Å². The lowest BCUT2D eigenvalue weighted by molar-refractivity contribution is -0.0310. The molecule has 3 fully saturated rings. The lowest BCUT2D eigenvalue weighted by Gasteiger charge is -2.56. The summed E-state index contributed by atoms with van der Waals surface area (Å²) >= 11 is 0. The predicted octanol–water partition coefficient (Wildman–Crippen LogP) is 5.39. The monoisotopic (exact) mass is 272 g/mol. The van der Waals surface area contributed by atoms with E-state index in [0.717, 1.165) is 18.3 Å². The second kappa shape index (κ2) is 4.15. The molecule has 0 aromatic carbocycles. The average Bonchev–Trinajstić information content (AvgIpc) is 2.82. The van der Waals surface area contributed by atoms with Crippen molar-refractivity contribution in [2.75, 3.05) is 0 Å². The van der Waals surface area contributed by atoms with Crippen LogP contribution in [0.3, 0.4) is 0 Å². The fourth-order valence-electron chi connectivity index (χ4n) is 6.41. The van der Waals surface area contributed by atoms with Gasteiger partial charge in [0.25, 0.3) is 0 Å². The molecule has 0 heterocycles. The van der Waals surface area contributed by atoms with Gasteiger partial charge in [-0.05, 0) is 81.1 Å². The minimum absolute atomic E-state index is 0.0227. The molecule has 0 unspecified atom stereocenters. The van der Waals surface area contributed by atoms with E-state index >= 15 is 0 Å². The van der Waals surface area contributed by atoms with E-state index in [2.05, 4.69) is 26.0 Å². The van der Waals surface area contributed by atoms with E-state index < -0.39 is 0 Å². The fourth-order valence-corrected chi connectivity index (χ4v) is 6.41. The summed E-state index contributed by atoms with van der Waals surface area (Å²) in [5, 5.41) is 10.6. The topological polar surface area (TPSA) is 20.2 Å². The van der Waals surface area contributed by atoms with Crippen molar-refractivity contribution in [3.8, 4) is 0 Å². The van der Waals surface area contributed by atoms with Gasteiger partial charge in [-0.1, -0.05) is 25.0 Å². The first-order valence-electron chi connectivity index (χ1n) is 8.65. The zero-order valence-corrected chi connectivity index (χ0v) is 13.0. The van der Waals surface area contributed by atoms with Gasteiger partial charge in [0, 0.05) is 5.41 Å². The molecule has 0 bridgehead atoms. The zero-order chi connectivity index (χ0) is 14.0. The molecule has 1 N–H and O–H groups in total. The van der Waals surface area contributed by atoms with E-state index in [4.69, 9.17) is 0 Å². The van der Waals surface area contributed by atoms with Gasteiger partial charge in [-0.25, -0.2) is 0 Å². The molecule has 20 heavy (non-hydrogen) atoms. The number of hydrogen-bond acceptors (Lipinski definition) is 1. The number of rotatable bonds is 0. The van der Waals surface area contributed by atoms with Crippen molar-refractivity contribution in [3.05, 3.63) is 23.5 Å². The van der Waals surface area contributed by atoms with Crippen molar-refractivity contribution < 1.29 is 5.11 Å². The molecule has 0 aliphatic heterocycles. The van der Waals surface area contributed by atoms with Crippen molar-refractivity contribution in [1.82, 2.24) is 0 Å². The Morgan fingerprint density at radius 1 is 1.05 bits per heavy atom. The van der Waals surface area contributed by atoms with Gasteiger partial charge < -0.3 is 5.11 Å². The van der Waals surface area contributed by atoms with Crippen LogP contribution in [0.4, 0.5) is 0 Å². The van der Waals surface area contributed by atoms with Crippen LogP contribution in [0.2, 0.25) is 0 Å². The third-order valence-corrected chi connectivity index (χ3v) is 7.58. The molecular formula is C19H28O. The van der Waals surface area contributed by atoms with Gasteiger partial charge in [0.2, 0.25) is 0 Å². The lowest BCUT2D eigenvalue weighted by Crippen LogP contribution is -2.49. The zero-order valence-electron chi connectivity index (χ0n) is 13.0. The summed E-state index contributed by atoms with van der Waals surface area (Å²) in [4.78, 5) is 0. The van der Waals surface area contributed by atoms with Crippen molar-refractivity contribution in [1.29, 1.82) is 0 Å². The highest BCUT2D eigenvalue weighted by Crippen LogP contribution is 2.65. The molecule has 0 spiro atoms. The van der Waals surface area contributed by atoms with Gasteiger partial charge in [-0.3, -0.25) is 0 Å². The average molecular weight is 272 g/mol. The van der Waals surface area contributed by atoms with Crippen LogP contribution in [0.15, 0.2) is 23.5 Å². The molecule has 4 aliphatic carbocycles. The van der Waals surface area contributed by atoms with Crippen LogP contribution in [0.5, 0.6) is 0 Å². The minimum Gasteiger partial charge on any atom is -0.512 e. The molecule has 0 radical (unpaired) electrons. The van der Waals surface area contributed by atoms with Gasteiger partial charge in [-0.2, -0.15) is 0 Å². The summed E-state index contributed by atoms with van der Waals surface area (Å²) in [6, 6.07) is 0. The summed E-state index contributed by atoms with van der Waals surface area (Å²) in [5.41, 5.74) is 2.14. The Hall–Kier alpha value is -0.720. The molecule has 110 valence electrons. The van der Waals surface area contributed by atoms with Gasteiger partial charge in [0.1, 0.15) is 0 Å². The highest BCUT2D eigenvalue weighted by Gasteiger charge is 2.57. The predicted molar refractivity (Wildman–Crippen MR) is 82.4 cm³/mol. The molecule has 0 saturated heterocycles. The van der Waals surface area contributed by atoms with Crippen molar-refractivity contribution >= 4 is 0 Å². The Morgan fingerprint density at radius 2 is 1.90 bits per heavy atom. The Labute approximate surface area is 123 Å². The molecule has 1 heteroatoms. The summed E-state index contributed by atoms with van der Waals surface area (Å²) in [7, 11) is 0. The normalized spacial score (nSPS) is 50.6. The number of allylic oxidation sites excluding steroid dienone is 3. The van der Waals surface area contributed by atoms with Crippen LogP contribution in [-0.4, -0.2) is 5.11 Å². The third kappa shape index (κ3) is 1.50. The molecular weight excluding hydrogens is 244 g/mol. The smallest absolute Gasteiger partial charge is 0.0988 e. The van der Waals surface area contributed by atoms with Crippen molar-refractivity contribution in [3.63, 3.8) is 0 Å². The number of aliphatic hydroxyl groups is 1. The van der Waals surface area contributed by atoms with Gasteiger partial charge in [-0.15, -0.1) is 0 Å². The van der Waals surface area contributed by atoms with E-state index in [9.17, 15) is 5.11 Å². The van der Waals surface area contributed by atoms with Crippen LogP contribution in [0.25, 0.3) is 0 Å². The Kier molecular flexibility index (Phi) is 2.69. The van der Waals surface area contributed by atoms with E-state index in [1.165, 1.54) is 44.9 Å². The molecule has 0 aromatic heterocycles. The largest absolute Gasteiger partial charge is 0.512 e. The number of hydrogen-bond donors (Lipinski definition) is 1. The SMILES string of the molecule is C[C@@]12CCC[C@H]1[C@@H]1CCC3=CCC=C(O)[C@]3(C)[C@H]1CC2. The molecule has 0 aromatic rings. The first-order valence-corrected chi connectivity index (χ1v) is 8.65. The van der Waals surface area contributed by atoms with Gasteiger partial charge >= 0.3 is 0 Å². The summed E-state index contributed by atoms with van der Waals surface area (Å²) in [5.74, 6) is 3.16. The van der Waals surface area contributed by atoms with E-state index in [-0.39, 0.29) is 5.41 Å². The Morgan fingerprint density at radius 3 is 2.75 bits per heavy atom. The lowest BCUT2D eigenvalue weighted by atomic mass is 9.48. The van der Waals surface area contributed by atoms with E-state index in [0.29, 0.717) is 17.1 Å². The highest BCUT2D eigenvalue weighted by atomic mass is 16.3. The summed E-state index contributed by atoms with van der Waals surface area (Å²) < 4.78 is 0. The highest BCUT2D eigenvalue weighted by molar-refractivity contribution is 5.34. The third-order valence-electron chi connectivity index (χ3n) is 7.58. The molecule has 5 atom stereocenters. The second-order valence-electron chi connectivity index (χ2n) is 8.26. The van der Waals surface area contributed by atoms with Crippen LogP contribution >= 0.6 is 0 Å². The maximum absolute atomic E-state index is 10.6. The first kappa shape index (κ1) is 13.0. The number of aliphatic hydroxyl groups excluding tert-OH is 1. The van der Waals surface area contributed by atoms with Crippen LogP contribution < -0.4 is 0 Å². The molecule has 1 nitrogen and oxygen atoms in total. The van der Waals surface area contributed by atoms with Gasteiger partial charge in [0.05, 0.1) is 5.76 Å². The van der Waals surface area contributed by atoms with Crippen LogP contribution in [0, 0.1) is 28.6 Å². The summed E-state index contributed by atoms with van der Waals surface area (Å²) in [6.45, 7) is 4.88. The Bertz CT molecular complexity index is 488. The molecule has 3 saturated carbocycles. The molecule has 4 aliphatic rings. The fraction of sp³-hybridized carbons (Fsp3) is 0.789. The molecule has 4 rings (SSSR count). The maximum Gasteiger partial charge on any atom is 0.0988 e. The van der Waals surface area contributed by atoms with Crippen LogP contribution in [-0.2, 0) is 0 Å². The summed E-state index contributed by atoms with van der Waals surface area (Å²) in [6.07, 6.45) is 15.0. The van der Waals surface area contributed by atoms with E-state index in [1.54, 1.807) is 5.57 Å². The quantitative estimate of drug-likeness (QED) is 0.586. The number of fused-ring (bicyclic) bond motifs is 5. The standard InChI is InChI=1S/C19H28O/c1-18-11-4-6-15(18)14-9-8-13-5-3-7-17(20)19(13,2)16(14)10-12-18/h5,7,14-16,20H,3-4,6,8-12H2,1-2H3/t14-,15-,16-,18-,19-/m0/s1. The van der Waals surface area contributed by atoms with Crippen molar-refractivity contribution in [2.24, 2.45) is 28.6 Å². The van der Waals surface area contributed by atoms with Crippen LogP contribution in [0.1, 0.15) is 65.2 Å². The Balaban J connectivity index is 1.73. The first-order chi connectivity index (χ1) is 9.56. The minimum atomic E-state index is -0.0227. The second-order valence-corrected chi connectivity index (χ2v) is 8.26. The van der Waals surface area contributed by atoms with Crippen molar-refractivity contribution in [2.45, 2.75) is 65.2 Å². The van der Waals surface area contributed by atoms with Gasteiger partial charge in [0.15, 0.2) is 0 Å². The maximum atomic E-state index is 10.6.